The van der Waals surface area contributed by atoms with Gasteiger partial charge in [0, 0.05) is 6.61 Å². The van der Waals surface area contributed by atoms with E-state index in [1.165, 1.54) is 13.8 Å². The highest BCUT2D eigenvalue weighted by molar-refractivity contribution is 5.82. The molecule has 4 atom stereocenters. The second-order valence-corrected chi connectivity index (χ2v) is 5.00. The van der Waals surface area contributed by atoms with Crippen molar-refractivity contribution in [3.8, 4) is 0 Å². The molecular weight excluding hydrogens is 338 g/mol. The average molecular weight is 363 g/mol. The van der Waals surface area contributed by atoms with Gasteiger partial charge in [0.2, 0.25) is 11.8 Å². The molecule has 2 amide bonds. The van der Waals surface area contributed by atoms with Crippen LogP contribution < -0.4 is 16.4 Å². The maximum Gasteiger partial charge on any atom is 0.328 e. The number of rotatable bonds is 7. The van der Waals surface area contributed by atoms with E-state index >= 15 is 0 Å². The van der Waals surface area contributed by atoms with Crippen molar-refractivity contribution >= 4 is 12.0 Å². The molecule has 0 fully saturated rings. The van der Waals surface area contributed by atoms with Crippen molar-refractivity contribution in [2.45, 2.75) is 51.6 Å². The number of carbonyl (C=O) groups is 2. The van der Waals surface area contributed by atoms with Gasteiger partial charge in [-0.3, -0.25) is 0 Å². The number of aromatic nitrogens is 2. The van der Waals surface area contributed by atoms with Crippen LogP contribution in [0, 0.1) is 0 Å². The van der Waals surface area contributed by atoms with E-state index in [1.807, 2.05) is 0 Å². The van der Waals surface area contributed by atoms with Crippen LogP contribution in [0.3, 0.4) is 0 Å². The molecule has 4 unspecified atom stereocenters. The molecule has 0 aliphatic rings. The summed E-state index contributed by atoms with van der Waals surface area (Å²) in [5.41, 5.74) is 5.60. The fourth-order valence-corrected chi connectivity index (χ4v) is 1.42. The van der Waals surface area contributed by atoms with Gasteiger partial charge < -0.3 is 41.2 Å². The molecule has 8 N–H and O–H groups in total. The molecule has 0 aliphatic heterocycles. The Morgan fingerprint density at radius 1 is 1.24 bits per heavy atom. The number of carbonyl (C=O) groups excluding carboxylic acids is 1. The van der Waals surface area contributed by atoms with Crippen LogP contribution in [0.5, 0.6) is 0 Å². The smallest absolute Gasteiger partial charge is 0.328 e. The fraction of sp³-hybridized carbons (Fsp3) is 0.692. The first-order valence-electron chi connectivity index (χ1n) is 7.45. The Bertz CT molecular complexity index is 535. The highest BCUT2D eigenvalue weighted by atomic mass is 16.4. The number of amides is 2. The summed E-state index contributed by atoms with van der Waals surface area (Å²) in [7, 11) is 0. The van der Waals surface area contributed by atoms with E-state index in [-0.39, 0.29) is 24.9 Å². The van der Waals surface area contributed by atoms with Crippen molar-refractivity contribution in [1.82, 2.24) is 20.8 Å². The summed E-state index contributed by atoms with van der Waals surface area (Å²) >= 11 is 0. The number of hydrogen-bond donors (Lipinski definition) is 7. The van der Waals surface area contributed by atoms with Gasteiger partial charge in [-0.05, 0) is 20.8 Å². The Kier molecular flexibility index (Phi) is 10.3. The van der Waals surface area contributed by atoms with Crippen molar-refractivity contribution in [3.05, 3.63) is 11.8 Å². The van der Waals surface area contributed by atoms with Gasteiger partial charge in [0.25, 0.3) is 0 Å². The van der Waals surface area contributed by atoms with E-state index in [2.05, 4.69) is 20.8 Å². The van der Waals surface area contributed by atoms with E-state index < -0.39 is 36.3 Å². The number of urea groups is 1. The number of nitrogens with zero attached hydrogens (tertiary/aromatic N) is 2. The van der Waals surface area contributed by atoms with E-state index in [0.29, 0.717) is 0 Å². The number of nitrogens with one attached hydrogen (secondary N) is 2. The normalized spacial score (nSPS) is 15.2. The molecule has 0 aliphatic carbocycles. The Morgan fingerprint density at radius 3 is 2.24 bits per heavy atom. The lowest BCUT2D eigenvalue weighted by atomic mass is 10.2. The Labute approximate surface area is 144 Å². The van der Waals surface area contributed by atoms with Crippen LogP contribution in [0.25, 0.3) is 0 Å². The number of carboxylic acids is 1. The molecule has 144 valence electrons. The maximum absolute atomic E-state index is 11.5. The third-order valence-electron chi connectivity index (χ3n) is 2.72. The molecule has 0 radical (unpaired) electrons. The fourth-order valence-electron chi connectivity index (χ4n) is 1.42. The van der Waals surface area contributed by atoms with Gasteiger partial charge in [-0.2, -0.15) is 0 Å². The minimum Gasteiger partial charge on any atom is -0.480 e. The highest BCUT2D eigenvalue weighted by Gasteiger charge is 2.25. The molecule has 1 rings (SSSR count). The summed E-state index contributed by atoms with van der Waals surface area (Å²) in [5.74, 6) is -1.32. The van der Waals surface area contributed by atoms with Crippen LogP contribution in [0.2, 0.25) is 0 Å². The summed E-state index contributed by atoms with van der Waals surface area (Å²) in [6.45, 7) is 4.46. The van der Waals surface area contributed by atoms with Gasteiger partial charge >= 0.3 is 12.0 Å². The van der Waals surface area contributed by atoms with Crippen LogP contribution in [-0.2, 0) is 11.3 Å². The zero-order valence-electron chi connectivity index (χ0n) is 14.2. The highest BCUT2D eigenvalue weighted by Crippen LogP contribution is 2.12. The lowest BCUT2D eigenvalue weighted by Gasteiger charge is -2.16. The topological polar surface area (TPSA) is 204 Å². The Balaban J connectivity index is 0.00000178. The first kappa shape index (κ1) is 22.7. The summed E-state index contributed by atoms with van der Waals surface area (Å²) < 4.78 is 5.14. The SMILES string of the molecule is CC(O)C(NC(=O)NCc1nnc(C(N)C(C)O)o1)C(=O)O.CCO. The van der Waals surface area contributed by atoms with Gasteiger partial charge in [-0.25, -0.2) is 9.59 Å². The third kappa shape index (κ3) is 8.39. The molecule has 25 heavy (non-hydrogen) atoms. The predicted octanol–water partition coefficient (Wildman–Crippen LogP) is -1.92. The predicted molar refractivity (Wildman–Crippen MR) is 84.1 cm³/mol. The summed E-state index contributed by atoms with van der Waals surface area (Å²) in [6.07, 6.45) is -2.14. The van der Waals surface area contributed by atoms with E-state index in [4.69, 9.17) is 20.4 Å². The zero-order chi connectivity index (χ0) is 19.6. The summed E-state index contributed by atoms with van der Waals surface area (Å²) in [6, 6.07) is -3.11. The number of carboxylic acid groups (broad SMARTS) is 1. The van der Waals surface area contributed by atoms with E-state index in [1.54, 1.807) is 6.92 Å². The zero-order valence-corrected chi connectivity index (χ0v) is 14.2. The van der Waals surface area contributed by atoms with Gasteiger partial charge in [0.1, 0.15) is 6.04 Å². The molecule has 12 nitrogen and oxygen atoms in total. The summed E-state index contributed by atoms with van der Waals surface area (Å²) in [5, 5.41) is 46.5. The molecule has 1 aromatic rings. The standard InChI is InChI=1S/C11H19N5O6.C2H6O/c1-4(17)7(12)9-16-15-6(22-9)3-13-11(21)14-8(5(2)18)10(19)20;1-2-3/h4-5,7-8,17-18H,3,12H2,1-2H3,(H,19,20)(H2,13,14,21);3H,2H2,1H3. The van der Waals surface area contributed by atoms with Crippen LogP contribution in [-0.4, -0.2) is 67.5 Å². The minimum atomic E-state index is -1.44. The first-order chi connectivity index (χ1) is 11.6. The summed E-state index contributed by atoms with van der Waals surface area (Å²) in [4.78, 5) is 22.3. The maximum atomic E-state index is 11.5. The van der Waals surface area contributed by atoms with Gasteiger partial charge in [-0.15, -0.1) is 10.2 Å². The van der Waals surface area contributed by atoms with Crippen LogP contribution in [0.4, 0.5) is 4.79 Å². The van der Waals surface area contributed by atoms with Crippen molar-refractivity contribution < 1.29 is 34.4 Å². The van der Waals surface area contributed by atoms with E-state index in [9.17, 15) is 19.8 Å². The second kappa shape index (κ2) is 11.3. The molecule has 1 aromatic heterocycles. The minimum absolute atomic E-state index is 0.0135. The van der Waals surface area contributed by atoms with Crippen LogP contribution >= 0.6 is 0 Å². The van der Waals surface area contributed by atoms with Crippen molar-refractivity contribution in [2.24, 2.45) is 5.73 Å². The number of aliphatic hydroxyl groups excluding tert-OH is 3. The molecular formula is C13H25N5O7. The van der Waals surface area contributed by atoms with Crippen molar-refractivity contribution in [2.75, 3.05) is 6.61 Å². The monoisotopic (exact) mass is 363 g/mol. The number of aliphatic hydroxyl groups is 3. The largest absolute Gasteiger partial charge is 0.480 e. The molecule has 1 heterocycles. The third-order valence-corrected chi connectivity index (χ3v) is 2.72. The van der Waals surface area contributed by atoms with E-state index in [0.717, 1.165) is 0 Å². The van der Waals surface area contributed by atoms with Gasteiger partial charge in [0.15, 0.2) is 6.04 Å². The number of aliphatic carboxylic acids is 1. The molecule has 12 heteroatoms. The van der Waals surface area contributed by atoms with Gasteiger partial charge in [0.05, 0.1) is 18.8 Å². The van der Waals surface area contributed by atoms with Crippen molar-refractivity contribution in [1.29, 1.82) is 0 Å². The first-order valence-corrected chi connectivity index (χ1v) is 7.45. The van der Waals surface area contributed by atoms with Crippen LogP contribution in [0.1, 0.15) is 38.6 Å². The number of hydrogen-bond acceptors (Lipinski definition) is 9. The second-order valence-electron chi connectivity index (χ2n) is 5.00. The lowest BCUT2D eigenvalue weighted by Crippen LogP contribution is -2.51. The molecule has 0 saturated heterocycles. The average Bonchev–Trinajstić information content (AvgIpc) is 2.98. The van der Waals surface area contributed by atoms with Crippen molar-refractivity contribution in [3.63, 3.8) is 0 Å². The van der Waals surface area contributed by atoms with Gasteiger partial charge in [-0.1, -0.05) is 0 Å². The number of nitrogens with two attached hydrogens (primary N) is 1. The lowest BCUT2D eigenvalue weighted by molar-refractivity contribution is -0.141. The Morgan fingerprint density at radius 2 is 1.80 bits per heavy atom. The molecule has 0 saturated carbocycles. The molecule has 0 spiro atoms. The molecule has 0 bridgehead atoms. The quantitative estimate of drug-likeness (QED) is 0.286. The van der Waals surface area contributed by atoms with Crippen LogP contribution in [0.15, 0.2) is 4.42 Å². The molecule has 0 aromatic carbocycles. The Hall–Kier alpha value is -2.28.